The summed E-state index contributed by atoms with van der Waals surface area (Å²) in [5.74, 6) is -3.12. The summed E-state index contributed by atoms with van der Waals surface area (Å²) in [7, 11) is 0. The summed E-state index contributed by atoms with van der Waals surface area (Å²) in [6.07, 6.45) is -4.69. The monoisotopic (exact) mass is 384 g/mol. The van der Waals surface area contributed by atoms with E-state index in [0.29, 0.717) is 0 Å². The minimum absolute atomic E-state index is 0.00290. The van der Waals surface area contributed by atoms with E-state index in [1.54, 1.807) is 13.8 Å². The van der Waals surface area contributed by atoms with Crippen molar-refractivity contribution in [2.45, 2.75) is 32.9 Å². The molecule has 1 heterocycles. The highest BCUT2D eigenvalue weighted by atomic mass is 19.4. The van der Waals surface area contributed by atoms with E-state index in [4.69, 9.17) is 9.47 Å². The third-order valence-corrected chi connectivity index (χ3v) is 3.87. The number of hydrazone groups is 1. The summed E-state index contributed by atoms with van der Waals surface area (Å²) < 4.78 is 50.6. The molecule has 0 aliphatic carbocycles. The van der Waals surface area contributed by atoms with Crippen LogP contribution in [0.5, 0.6) is 0 Å². The average Bonchev–Trinajstić information content (AvgIpc) is 2.61. The summed E-state index contributed by atoms with van der Waals surface area (Å²) in [6.45, 7) is 4.63. The predicted molar refractivity (Wildman–Crippen MR) is 90.7 cm³/mol. The van der Waals surface area contributed by atoms with Crippen molar-refractivity contribution >= 4 is 17.7 Å². The number of nitrogens with zero attached hydrogens (tertiary/aromatic N) is 1. The zero-order chi connectivity index (χ0) is 20.2. The molecular formula is C18H19F3N2O4. The largest absolute Gasteiger partial charge is 0.463 e. The number of carbonyl (C=O) groups excluding carboxylic acids is 2. The van der Waals surface area contributed by atoms with Crippen molar-refractivity contribution in [3.05, 3.63) is 46.7 Å². The molecule has 1 aromatic rings. The van der Waals surface area contributed by atoms with Gasteiger partial charge in [0.2, 0.25) is 0 Å². The van der Waals surface area contributed by atoms with Crippen LogP contribution >= 0.6 is 0 Å². The molecule has 27 heavy (non-hydrogen) atoms. The van der Waals surface area contributed by atoms with E-state index >= 15 is 0 Å². The first-order valence-corrected chi connectivity index (χ1v) is 8.27. The lowest BCUT2D eigenvalue weighted by Gasteiger charge is -2.28. The van der Waals surface area contributed by atoms with E-state index in [1.165, 1.54) is 25.1 Å². The maximum absolute atomic E-state index is 13.5. The quantitative estimate of drug-likeness (QED) is 0.790. The standard InChI is InChI=1S/C18H19F3N2O4/c1-4-26-16(24)13-10(3)22-23-15(17(25)27-5-2)14(13)11-8-6-7-9-12(11)18(19,20)21/h6-9,14,22H,4-5H2,1-3H3. The van der Waals surface area contributed by atoms with Crippen LogP contribution in [0.15, 0.2) is 40.6 Å². The molecule has 1 unspecified atom stereocenters. The second-order valence-corrected chi connectivity index (χ2v) is 5.61. The van der Waals surface area contributed by atoms with Crippen LogP contribution in [-0.2, 0) is 25.2 Å². The molecule has 2 rings (SSSR count). The molecule has 0 aromatic heterocycles. The summed E-state index contributed by atoms with van der Waals surface area (Å²) in [6, 6.07) is 4.72. The van der Waals surface area contributed by atoms with Crippen molar-refractivity contribution in [1.29, 1.82) is 0 Å². The molecule has 1 atom stereocenters. The Kier molecular flexibility index (Phi) is 6.24. The van der Waals surface area contributed by atoms with Gasteiger partial charge in [-0.3, -0.25) is 5.43 Å². The highest BCUT2D eigenvalue weighted by Crippen LogP contribution is 2.40. The number of esters is 2. The molecule has 0 saturated carbocycles. The van der Waals surface area contributed by atoms with Crippen LogP contribution in [0, 0.1) is 0 Å². The van der Waals surface area contributed by atoms with Gasteiger partial charge in [-0.25, -0.2) is 9.59 Å². The molecule has 0 amide bonds. The molecule has 146 valence electrons. The highest BCUT2D eigenvalue weighted by molar-refractivity contribution is 6.40. The first kappa shape index (κ1) is 20.5. The third kappa shape index (κ3) is 4.29. The lowest BCUT2D eigenvalue weighted by Crippen LogP contribution is -2.37. The molecule has 1 aliphatic rings. The number of alkyl halides is 3. The van der Waals surface area contributed by atoms with Crippen molar-refractivity contribution in [3.8, 4) is 0 Å². The van der Waals surface area contributed by atoms with Crippen molar-refractivity contribution < 1.29 is 32.2 Å². The number of halogens is 3. The fraction of sp³-hybridized carbons (Fsp3) is 0.389. The number of rotatable bonds is 5. The maximum atomic E-state index is 13.5. The van der Waals surface area contributed by atoms with Crippen molar-refractivity contribution in [3.63, 3.8) is 0 Å². The van der Waals surface area contributed by atoms with Gasteiger partial charge in [0.1, 0.15) is 0 Å². The number of hydrogen-bond donors (Lipinski definition) is 1. The fourth-order valence-electron chi connectivity index (χ4n) is 2.78. The molecule has 0 bridgehead atoms. The Labute approximate surface area is 154 Å². The second kappa shape index (κ2) is 8.24. The Bertz CT molecular complexity index is 800. The van der Waals surface area contributed by atoms with E-state index in [2.05, 4.69) is 10.5 Å². The van der Waals surface area contributed by atoms with Gasteiger partial charge in [-0.05, 0) is 32.4 Å². The van der Waals surface area contributed by atoms with Gasteiger partial charge in [-0.15, -0.1) is 0 Å². The van der Waals surface area contributed by atoms with Gasteiger partial charge in [0.15, 0.2) is 5.71 Å². The summed E-state index contributed by atoms with van der Waals surface area (Å²) in [4.78, 5) is 24.8. The lowest BCUT2D eigenvalue weighted by molar-refractivity contribution is -0.140. The number of ether oxygens (including phenoxy) is 2. The van der Waals surface area contributed by atoms with Gasteiger partial charge in [-0.2, -0.15) is 18.3 Å². The molecule has 0 radical (unpaired) electrons. The summed E-state index contributed by atoms with van der Waals surface area (Å²) >= 11 is 0. The van der Waals surface area contributed by atoms with Crippen LogP contribution in [0.2, 0.25) is 0 Å². The van der Waals surface area contributed by atoms with Gasteiger partial charge < -0.3 is 9.47 Å². The van der Waals surface area contributed by atoms with Crippen LogP contribution in [0.3, 0.4) is 0 Å². The Balaban J connectivity index is 2.70. The number of hydrogen-bond acceptors (Lipinski definition) is 6. The summed E-state index contributed by atoms with van der Waals surface area (Å²) in [5, 5.41) is 3.86. The van der Waals surface area contributed by atoms with Gasteiger partial charge in [-0.1, -0.05) is 18.2 Å². The topological polar surface area (TPSA) is 77.0 Å². The van der Waals surface area contributed by atoms with E-state index in [9.17, 15) is 22.8 Å². The summed E-state index contributed by atoms with van der Waals surface area (Å²) in [5.41, 5.74) is 0.991. The van der Waals surface area contributed by atoms with Crippen molar-refractivity contribution in [2.75, 3.05) is 13.2 Å². The molecule has 0 spiro atoms. The molecule has 1 aromatic carbocycles. The minimum atomic E-state index is -4.69. The van der Waals surface area contributed by atoms with Crippen molar-refractivity contribution in [2.24, 2.45) is 5.10 Å². The maximum Gasteiger partial charge on any atom is 0.416 e. The fourth-order valence-corrected chi connectivity index (χ4v) is 2.78. The van der Waals surface area contributed by atoms with E-state index in [0.717, 1.165) is 6.07 Å². The number of nitrogens with one attached hydrogen (secondary N) is 1. The van der Waals surface area contributed by atoms with Crippen LogP contribution in [-0.4, -0.2) is 30.9 Å². The molecular weight excluding hydrogens is 365 g/mol. The Hall–Kier alpha value is -2.84. The molecule has 9 heteroatoms. The Morgan fingerprint density at radius 3 is 2.30 bits per heavy atom. The average molecular weight is 384 g/mol. The van der Waals surface area contributed by atoms with E-state index < -0.39 is 29.6 Å². The molecule has 1 aliphatic heterocycles. The highest BCUT2D eigenvalue weighted by Gasteiger charge is 2.43. The molecule has 0 saturated heterocycles. The first-order valence-electron chi connectivity index (χ1n) is 8.27. The number of benzene rings is 1. The van der Waals surface area contributed by atoms with Crippen molar-refractivity contribution in [1.82, 2.24) is 5.43 Å². The van der Waals surface area contributed by atoms with E-state index in [-0.39, 0.29) is 35.8 Å². The first-order chi connectivity index (χ1) is 12.7. The normalized spacial score (nSPS) is 17.1. The van der Waals surface area contributed by atoms with Gasteiger partial charge in [0.25, 0.3) is 0 Å². The van der Waals surface area contributed by atoms with Gasteiger partial charge in [0.05, 0.1) is 30.3 Å². The van der Waals surface area contributed by atoms with E-state index in [1.807, 2.05) is 0 Å². The molecule has 1 N–H and O–H groups in total. The molecule has 0 fully saturated rings. The number of carbonyl (C=O) groups is 2. The Morgan fingerprint density at radius 2 is 1.70 bits per heavy atom. The van der Waals surface area contributed by atoms with Crippen LogP contribution in [0.4, 0.5) is 13.2 Å². The lowest BCUT2D eigenvalue weighted by atomic mass is 9.82. The minimum Gasteiger partial charge on any atom is -0.463 e. The van der Waals surface area contributed by atoms with Crippen LogP contribution in [0.25, 0.3) is 0 Å². The van der Waals surface area contributed by atoms with Gasteiger partial charge in [0, 0.05) is 5.70 Å². The Morgan fingerprint density at radius 1 is 1.11 bits per heavy atom. The molecule has 6 nitrogen and oxygen atoms in total. The van der Waals surface area contributed by atoms with Crippen LogP contribution < -0.4 is 5.43 Å². The third-order valence-electron chi connectivity index (χ3n) is 3.87. The zero-order valence-electron chi connectivity index (χ0n) is 15.0. The second-order valence-electron chi connectivity index (χ2n) is 5.61. The van der Waals surface area contributed by atoms with Crippen LogP contribution in [0.1, 0.15) is 37.8 Å². The van der Waals surface area contributed by atoms with Gasteiger partial charge >= 0.3 is 18.1 Å². The predicted octanol–water partition coefficient (Wildman–Crippen LogP) is 3.15. The zero-order valence-corrected chi connectivity index (χ0v) is 15.0. The SMILES string of the molecule is CCOC(=O)C1=NNC(C)=C(C(=O)OCC)C1c1ccccc1C(F)(F)F. The number of allylic oxidation sites excluding steroid dienone is 1. The smallest absolute Gasteiger partial charge is 0.416 e.